The minimum atomic E-state index is -6.18. The SMILES string of the molecule is C=C(C)CCC1=C(CN2CCN(c3ccc(C(=O)NS(=O)(=O)c4ccc(N[C@H](CCN5CCN(C(=O)CCCCCC(=O)NC(C(=O)N6C[C@H](O)C[C@H]6C(=O)N[C@@H](C)c6ccc(-c7scnc7C)cc6)C(C)(C)C)CC5)CSc5ccccc5)c(S(=O)(=O)C(F)(F)F)c4)cc3)CC2)CCC(C)(C)C1. The molecule has 4 heterocycles. The van der Waals surface area contributed by atoms with Crippen LogP contribution in [0.25, 0.3) is 10.4 Å². The fourth-order valence-corrected chi connectivity index (χ4v) is 17.6. The zero-order chi connectivity index (χ0) is 74.6. The van der Waals surface area contributed by atoms with Crippen molar-refractivity contribution in [3.8, 4) is 10.4 Å². The van der Waals surface area contributed by atoms with E-state index in [1.54, 1.807) is 39.5 Å². The summed E-state index contributed by atoms with van der Waals surface area (Å²) in [5.74, 6) is -2.08. The number of thioether (sulfide) groups is 1. The molecule has 0 spiro atoms. The lowest BCUT2D eigenvalue weighted by Gasteiger charge is -2.39. The molecule has 1 unspecified atom stereocenters. The number of allylic oxidation sites excluding steroid dienone is 2. The maximum atomic E-state index is 14.6. The number of sulfonamides is 1. The summed E-state index contributed by atoms with van der Waals surface area (Å²) in [6, 6.07) is 22.8. The van der Waals surface area contributed by atoms with Crippen molar-refractivity contribution in [2.45, 2.75) is 183 Å². The van der Waals surface area contributed by atoms with Crippen LogP contribution in [0.1, 0.15) is 153 Å². The Labute approximate surface area is 614 Å². The van der Waals surface area contributed by atoms with E-state index in [1.165, 1.54) is 39.9 Å². The molecule has 1 aliphatic carbocycles. The second kappa shape index (κ2) is 34.8. The number of thiazole rings is 1. The molecule has 4 aliphatic rings. The highest BCUT2D eigenvalue weighted by atomic mass is 32.2. The van der Waals surface area contributed by atoms with Gasteiger partial charge < -0.3 is 35.8 Å². The Kier molecular flexibility index (Phi) is 27.1. The topological polar surface area (TPSA) is 251 Å². The number of sulfone groups is 1. The zero-order valence-electron chi connectivity index (χ0n) is 60.5. The summed E-state index contributed by atoms with van der Waals surface area (Å²) in [6.07, 6.45) is 6.62. The van der Waals surface area contributed by atoms with Crippen molar-refractivity contribution in [2.75, 3.05) is 88.0 Å². The molecule has 0 radical (unpaired) electrons. The van der Waals surface area contributed by atoms with Crippen molar-refractivity contribution in [2.24, 2.45) is 10.8 Å². The van der Waals surface area contributed by atoms with E-state index >= 15 is 0 Å². The number of aryl methyl sites for hydroxylation is 1. The van der Waals surface area contributed by atoms with E-state index in [0.29, 0.717) is 64.5 Å². The van der Waals surface area contributed by atoms with Crippen LogP contribution < -0.4 is 25.6 Å². The fraction of sp³-hybridized carbons (Fsp3) is 0.526. The van der Waals surface area contributed by atoms with Crippen molar-refractivity contribution in [1.82, 2.24) is 39.9 Å². The predicted octanol–water partition coefficient (Wildman–Crippen LogP) is 11.9. The first-order chi connectivity index (χ1) is 48.6. The van der Waals surface area contributed by atoms with Gasteiger partial charge >= 0.3 is 5.51 Å². The van der Waals surface area contributed by atoms with Crippen LogP contribution in [-0.2, 0) is 39.0 Å². The third kappa shape index (κ3) is 21.8. The Balaban J connectivity index is 0.742. The van der Waals surface area contributed by atoms with Gasteiger partial charge in [0.25, 0.3) is 25.8 Å². The number of anilines is 2. The normalized spacial score (nSPS) is 18.8. The standard InChI is InChI=1S/C76H101F3N10O10S4/c1-51(2)20-21-57-46-75(8,9)34-32-58(57)47-86-38-40-87(41-39-86)60-28-26-56(27-29-60)71(93)84-103(98,99)63-30-31-64(66(45-63)102(96,97)76(77,78)79)82-59(49-100-62-16-12-10-13-17-62)33-35-85-36-42-88(43-37-85)68(92)19-15-11-14-18-67(91)83-70(74(5,6)7)73(95)89-48-61(90)44-65(89)72(94)81-52(3)54-22-24-55(25-23-54)69-53(4)80-50-101-69/h10,12-13,16-17,22-31,45,50,52,59,61,65,70,82,90H,1,11,14-15,18-21,32-44,46-49H2,2-9H3,(H,81,94)(H,83,91)(H,84,93)/t52-,59+,61+,65-,70?/m0/s1. The van der Waals surface area contributed by atoms with E-state index in [2.05, 4.69) is 63.0 Å². The summed E-state index contributed by atoms with van der Waals surface area (Å²) in [5, 5.41) is 19.7. The van der Waals surface area contributed by atoms with Crippen molar-refractivity contribution in [3.63, 3.8) is 0 Å². The van der Waals surface area contributed by atoms with Gasteiger partial charge in [0.1, 0.15) is 17.0 Å². The Bertz CT molecular complexity index is 4060. The van der Waals surface area contributed by atoms with Gasteiger partial charge in [-0.3, -0.25) is 33.8 Å². The van der Waals surface area contributed by atoms with Crippen LogP contribution in [-0.4, -0.2) is 184 Å². The van der Waals surface area contributed by atoms with Gasteiger partial charge in [0.15, 0.2) is 0 Å². The average molecular weight is 1500 g/mol. The van der Waals surface area contributed by atoms with E-state index in [4.69, 9.17) is 0 Å². The number of benzene rings is 4. The van der Waals surface area contributed by atoms with Crippen LogP contribution in [0.5, 0.6) is 0 Å². The number of piperazine rings is 2. The minimum Gasteiger partial charge on any atom is -0.391 e. The molecule has 20 nitrogen and oxygen atoms in total. The van der Waals surface area contributed by atoms with Gasteiger partial charge in [-0.1, -0.05) is 100 Å². The molecule has 3 fully saturated rings. The molecule has 9 rings (SSSR count). The summed E-state index contributed by atoms with van der Waals surface area (Å²) in [5.41, 5.74) is 2.91. The summed E-state index contributed by atoms with van der Waals surface area (Å²) >= 11 is 2.94. The van der Waals surface area contributed by atoms with Crippen molar-refractivity contribution in [3.05, 3.63) is 143 Å². The van der Waals surface area contributed by atoms with E-state index in [-0.39, 0.29) is 54.4 Å². The molecule has 5 aromatic rings. The first-order valence-electron chi connectivity index (χ1n) is 35.6. The Morgan fingerprint density at radius 1 is 0.816 bits per heavy atom. The van der Waals surface area contributed by atoms with Gasteiger partial charge in [-0.25, -0.2) is 26.5 Å². The van der Waals surface area contributed by atoms with Crippen LogP contribution in [0.2, 0.25) is 0 Å². The number of carbonyl (C=O) groups excluding carboxylic acids is 5. The second-order valence-electron chi connectivity index (χ2n) is 29.8. The van der Waals surface area contributed by atoms with Crippen LogP contribution in [0, 0.1) is 17.8 Å². The average Bonchev–Trinajstić information content (AvgIpc) is 1.06. The number of likely N-dealkylation sites (tertiary alicyclic amines) is 1. The summed E-state index contributed by atoms with van der Waals surface area (Å²) in [4.78, 5) is 82.6. The number of nitrogens with one attached hydrogen (secondary N) is 4. The smallest absolute Gasteiger partial charge is 0.391 e. The summed E-state index contributed by atoms with van der Waals surface area (Å²) in [6.45, 7) is 26.3. The third-order valence-electron chi connectivity index (χ3n) is 19.9. The number of halogens is 3. The number of unbranched alkanes of at least 4 members (excludes halogenated alkanes) is 2. The number of nitrogens with zero attached hydrogens (tertiary/aromatic N) is 6. The van der Waals surface area contributed by atoms with Crippen molar-refractivity contribution >= 4 is 83.9 Å². The first-order valence-corrected chi connectivity index (χ1v) is 40.4. The molecular formula is C76H101F3N10O10S4. The minimum absolute atomic E-state index is 0.0302. The number of carbonyl (C=O) groups is 5. The predicted molar refractivity (Wildman–Crippen MR) is 400 cm³/mol. The van der Waals surface area contributed by atoms with Crippen molar-refractivity contribution in [1.29, 1.82) is 0 Å². The van der Waals surface area contributed by atoms with Gasteiger partial charge in [0.05, 0.1) is 38.8 Å². The number of aromatic nitrogens is 1. The molecule has 3 saturated heterocycles. The summed E-state index contributed by atoms with van der Waals surface area (Å²) in [7, 11) is -11.1. The molecule has 3 aliphatic heterocycles. The van der Waals surface area contributed by atoms with Crippen LogP contribution in [0.15, 0.2) is 141 Å². The fourth-order valence-electron chi connectivity index (χ4n) is 13.7. The Hall–Kier alpha value is -7.14. The Morgan fingerprint density at radius 2 is 1.49 bits per heavy atom. The molecule has 5 amide bonds. The molecule has 0 bridgehead atoms. The number of hydrogen-bond donors (Lipinski definition) is 5. The van der Waals surface area contributed by atoms with E-state index in [1.807, 2.05) is 93.9 Å². The highest BCUT2D eigenvalue weighted by Gasteiger charge is 2.49. The third-order valence-corrected chi connectivity index (χ3v) is 24.9. The molecule has 4 aromatic carbocycles. The van der Waals surface area contributed by atoms with Gasteiger partial charge in [-0.2, -0.15) is 13.2 Å². The maximum absolute atomic E-state index is 14.6. The molecule has 27 heteroatoms. The molecule has 5 N–H and O–H groups in total. The van der Waals surface area contributed by atoms with Crippen molar-refractivity contribution < 1.29 is 59.1 Å². The highest BCUT2D eigenvalue weighted by molar-refractivity contribution is 7.99. The van der Waals surface area contributed by atoms with Gasteiger partial charge in [0, 0.05) is 119 Å². The largest absolute Gasteiger partial charge is 0.501 e. The molecular weight excluding hydrogens is 1400 g/mol. The monoisotopic (exact) mass is 1500 g/mol. The van der Waals surface area contributed by atoms with E-state index < -0.39 is 94.3 Å². The van der Waals surface area contributed by atoms with Gasteiger partial charge in [-0.05, 0) is 149 Å². The highest BCUT2D eigenvalue weighted by Crippen LogP contribution is 2.42. The van der Waals surface area contributed by atoms with Gasteiger partial charge in [0.2, 0.25) is 23.6 Å². The first kappa shape index (κ1) is 80.0. The maximum Gasteiger partial charge on any atom is 0.501 e. The number of β-amino-alcohol motifs (C(OH)–C–C–N with tert-alkyl or cyclic N) is 1. The second-order valence-corrected chi connectivity index (χ2v) is 35.3. The zero-order valence-corrected chi connectivity index (χ0v) is 63.7. The van der Waals surface area contributed by atoms with Crippen LogP contribution >= 0.6 is 23.1 Å². The van der Waals surface area contributed by atoms with Crippen LogP contribution in [0.4, 0.5) is 24.5 Å². The van der Waals surface area contributed by atoms with E-state index in [0.717, 1.165) is 109 Å². The molecule has 0 saturated carbocycles. The quantitative estimate of drug-likeness (QED) is 0.0163. The lowest BCUT2D eigenvalue weighted by Crippen LogP contribution is -2.57. The number of aliphatic hydroxyl groups excluding tert-OH is 1. The number of rotatable bonds is 30. The lowest BCUT2D eigenvalue weighted by atomic mass is 9.73. The lowest BCUT2D eigenvalue weighted by molar-refractivity contribution is -0.144. The van der Waals surface area contributed by atoms with Gasteiger partial charge in [-0.15, -0.1) is 29.7 Å². The van der Waals surface area contributed by atoms with Crippen LogP contribution in [0.3, 0.4) is 0 Å². The van der Waals surface area contributed by atoms with E-state index in [9.17, 15) is 59.1 Å². The summed E-state index contributed by atoms with van der Waals surface area (Å²) < 4.78 is 100. The number of alkyl halides is 3. The Morgan fingerprint density at radius 3 is 2.13 bits per heavy atom. The molecule has 560 valence electrons. The molecule has 103 heavy (non-hydrogen) atoms. The number of amides is 5. The molecule has 5 atom stereocenters. The molecule has 1 aromatic heterocycles. The number of hydrogen-bond acceptors (Lipinski definition) is 17. The number of aliphatic hydroxyl groups is 1.